The summed E-state index contributed by atoms with van der Waals surface area (Å²) in [6.07, 6.45) is 5.55. The molecule has 2 aromatic rings. The van der Waals surface area contributed by atoms with Gasteiger partial charge in [0.2, 0.25) is 0 Å². The van der Waals surface area contributed by atoms with E-state index in [1.54, 1.807) is 6.07 Å². The largest absolute Gasteiger partial charge is 0.370 e. The van der Waals surface area contributed by atoms with Crippen molar-refractivity contribution in [3.05, 3.63) is 39.5 Å². The zero-order chi connectivity index (χ0) is 14.8. The molecule has 3 nitrogen and oxygen atoms in total. The Morgan fingerprint density at radius 3 is 2.95 bits per heavy atom. The molecule has 0 saturated carbocycles. The summed E-state index contributed by atoms with van der Waals surface area (Å²) in [5, 5.41) is 9.66. The van der Waals surface area contributed by atoms with E-state index in [4.69, 9.17) is 28.3 Å². The second-order valence-electron chi connectivity index (χ2n) is 5.42. The summed E-state index contributed by atoms with van der Waals surface area (Å²) in [6.45, 7) is 3.16. The number of aromatic nitrogens is 2. The molecule has 0 aliphatic carbocycles. The first-order chi connectivity index (χ1) is 10.2. The third kappa shape index (κ3) is 2.90. The number of anilines is 1. The van der Waals surface area contributed by atoms with Crippen LogP contribution in [0.15, 0.2) is 18.2 Å². The van der Waals surface area contributed by atoms with Crippen LogP contribution < -0.4 is 5.32 Å². The molecule has 0 unspecified atom stereocenters. The molecule has 21 heavy (non-hydrogen) atoms. The van der Waals surface area contributed by atoms with Gasteiger partial charge in [0.25, 0.3) is 0 Å². The fourth-order valence-corrected chi connectivity index (χ4v) is 3.20. The van der Waals surface area contributed by atoms with E-state index < -0.39 is 0 Å². The lowest BCUT2D eigenvalue weighted by molar-refractivity contribution is 0.753. The molecule has 0 saturated heterocycles. The smallest absolute Gasteiger partial charge is 0.133 e. The predicted molar refractivity (Wildman–Crippen MR) is 89.0 cm³/mol. The molecule has 1 aliphatic heterocycles. The van der Waals surface area contributed by atoms with Gasteiger partial charge in [-0.2, -0.15) is 5.10 Å². The maximum atomic E-state index is 6.35. The first-order valence-corrected chi connectivity index (χ1v) is 8.26. The van der Waals surface area contributed by atoms with Gasteiger partial charge in [0.05, 0.1) is 16.4 Å². The zero-order valence-corrected chi connectivity index (χ0v) is 13.6. The van der Waals surface area contributed by atoms with Gasteiger partial charge >= 0.3 is 0 Å². The SMILES string of the molecule is CCCc1nn(-c2cc(Cl)ccc2Cl)c2c1CCCCN2. The lowest BCUT2D eigenvalue weighted by atomic mass is 10.1. The van der Waals surface area contributed by atoms with Crippen LogP contribution in [0, 0.1) is 0 Å². The van der Waals surface area contributed by atoms with E-state index in [-0.39, 0.29) is 0 Å². The highest BCUT2D eigenvalue weighted by Gasteiger charge is 2.21. The van der Waals surface area contributed by atoms with Gasteiger partial charge in [0, 0.05) is 17.1 Å². The molecule has 3 rings (SSSR count). The summed E-state index contributed by atoms with van der Waals surface area (Å²) in [6, 6.07) is 5.50. The van der Waals surface area contributed by atoms with E-state index in [0.29, 0.717) is 10.0 Å². The van der Waals surface area contributed by atoms with Crippen molar-refractivity contribution in [2.24, 2.45) is 0 Å². The summed E-state index contributed by atoms with van der Waals surface area (Å²) < 4.78 is 1.93. The minimum Gasteiger partial charge on any atom is -0.370 e. The van der Waals surface area contributed by atoms with Gasteiger partial charge in [0.15, 0.2) is 0 Å². The average molecular weight is 324 g/mol. The Morgan fingerprint density at radius 1 is 1.29 bits per heavy atom. The Hall–Kier alpha value is -1.19. The van der Waals surface area contributed by atoms with Gasteiger partial charge in [-0.25, -0.2) is 4.68 Å². The average Bonchev–Trinajstić information content (AvgIpc) is 2.66. The lowest BCUT2D eigenvalue weighted by Crippen LogP contribution is -2.07. The van der Waals surface area contributed by atoms with E-state index in [1.807, 2.05) is 16.8 Å². The summed E-state index contributed by atoms with van der Waals surface area (Å²) in [4.78, 5) is 0. The van der Waals surface area contributed by atoms with Crippen LogP contribution in [0.5, 0.6) is 0 Å². The van der Waals surface area contributed by atoms with Gasteiger partial charge in [-0.05, 0) is 43.9 Å². The van der Waals surface area contributed by atoms with Crippen molar-refractivity contribution in [2.75, 3.05) is 11.9 Å². The second kappa shape index (κ2) is 6.29. The van der Waals surface area contributed by atoms with Gasteiger partial charge < -0.3 is 5.32 Å². The van der Waals surface area contributed by atoms with Crippen molar-refractivity contribution in [3.8, 4) is 5.69 Å². The highest BCUT2D eigenvalue weighted by Crippen LogP contribution is 2.32. The quantitative estimate of drug-likeness (QED) is 0.872. The highest BCUT2D eigenvalue weighted by atomic mass is 35.5. The van der Waals surface area contributed by atoms with Gasteiger partial charge in [-0.1, -0.05) is 36.5 Å². The van der Waals surface area contributed by atoms with Crippen LogP contribution >= 0.6 is 23.2 Å². The molecule has 0 radical (unpaired) electrons. The molecule has 0 bridgehead atoms. The Labute approximate surface area is 135 Å². The number of nitrogens with one attached hydrogen (secondary N) is 1. The summed E-state index contributed by atoms with van der Waals surface area (Å²) >= 11 is 12.5. The van der Waals surface area contributed by atoms with Crippen LogP contribution in [-0.4, -0.2) is 16.3 Å². The Balaban J connectivity index is 2.15. The molecule has 1 aliphatic rings. The van der Waals surface area contributed by atoms with Crippen LogP contribution in [0.2, 0.25) is 10.0 Å². The van der Waals surface area contributed by atoms with Crippen molar-refractivity contribution in [3.63, 3.8) is 0 Å². The molecule has 0 amide bonds. The molecule has 1 N–H and O–H groups in total. The van der Waals surface area contributed by atoms with Crippen LogP contribution in [0.3, 0.4) is 0 Å². The lowest BCUT2D eigenvalue weighted by Gasteiger charge is -2.11. The monoisotopic (exact) mass is 323 g/mol. The first-order valence-electron chi connectivity index (χ1n) is 7.50. The van der Waals surface area contributed by atoms with E-state index in [2.05, 4.69) is 12.2 Å². The number of rotatable bonds is 3. The molecule has 1 aromatic heterocycles. The maximum Gasteiger partial charge on any atom is 0.133 e. The van der Waals surface area contributed by atoms with E-state index >= 15 is 0 Å². The highest BCUT2D eigenvalue weighted by molar-refractivity contribution is 6.34. The normalized spacial score (nSPS) is 14.4. The number of hydrogen-bond donors (Lipinski definition) is 1. The number of hydrogen-bond acceptors (Lipinski definition) is 2. The Kier molecular flexibility index (Phi) is 4.41. The van der Waals surface area contributed by atoms with Crippen molar-refractivity contribution >= 4 is 29.0 Å². The Bertz CT molecular complexity index is 649. The second-order valence-corrected chi connectivity index (χ2v) is 6.26. The molecular formula is C16H19Cl2N3. The van der Waals surface area contributed by atoms with Gasteiger partial charge in [-0.3, -0.25) is 0 Å². The molecule has 1 aromatic carbocycles. The molecule has 0 spiro atoms. The molecule has 0 atom stereocenters. The number of fused-ring (bicyclic) bond motifs is 1. The van der Waals surface area contributed by atoms with Crippen LogP contribution in [-0.2, 0) is 12.8 Å². The van der Waals surface area contributed by atoms with Crippen molar-refractivity contribution in [2.45, 2.75) is 39.0 Å². The molecule has 0 fully saturated rings. The molecule has 2 heterocycles. The van der Waals surface area contributed by atoms with Crippen LogP contribution in [0.4, 0.5) is 5.82 Å². The number of aryl methyl sites for hydroxylation is 1. The minimum atomic E-state index is 0.666. The van der Waals surface area contributed by atoms with Crippen molar-refractivity contribution in [1.82, 2.24) is 9.78 Å². The summed E-state index contributed by atoms with van der Waals surface area (Å²) in [7, 11) is 0. The third-order valence-electron chi connectivity index (χ3n) is 3.84. The fraction of sp³-hybridized carbons (Fsp3) is 0.438. The Morgan fingerprint density at radius 2 is 2.14 bits per heavy atom. The van der Waals surface area contributed by atoms with Gasteiger partial charge in [-0.15, -0.1) is 0 Å². The zero-order valence-electron chi connectivity index (χ0n) is 12.1. The van der Waals surface area contributed by atoms with E-state index in [0.717, 1.165) is 37.3 Å². The number of halogens is 2. The van der Waals surface area contributed by atoms with E-state index in [1.165, 1.54) is 24.1 Å². The van der Waals surface area contributed by atoms with Gasteiger partial charge in [0.1, 0.15) is 5.82 Å². The van der Waals surface area contributed by atoms with Crippen LogP contribution in [0.25, 0.3) is 5.69 Å². The first kappa shape index (κ1) is 14.7. The molecule has 5 heteroatoms. The number of nitrogens with zero attached hydrogens (tertiary/aromatic N) is 2. The van der Waals surface area contributed by atoms with E-state index in [9.17, 15) is 0 Å². The summed E-state index contributed by atoms with van der Waals surface area (Å²) in [5.41, 5.74) is 3.36. The number of benzene rings is 1. The topological polar surface area (TPSA) is 29.9 Å². The standard InChI is InChI=1S/C16H19Cl2N3/c1-2-5-14-12-6-3-4-9-19-16(12)21(20-14)15-10-11(17)7-8-13(15)18/h7-8,10,19H,2-6,9H2,1H3. The van der Waals surface area contributed by atoms with Crippen molar-refractivity contribution in [1.29, 1.82) is 0 Å². The fourth-order valence-electron chi connectivity index (χ4n) is 2.83. The molecule has 112 valence electrons. The maximum absolute atomic E-state index is 6.35. The third-order valence-corrected chi connectivity index (χ3v) is 4.39. The summed E-state index contributed by atoms with van der Waals surface area (Å²) in [5.74, 6) is 1.08. The van der Waals surface area contributed by atoms with Crippen LogP contribution in [0.1, 0.15) is 37.4 Å². The minimum absolute atomic E-state index is 0.666. The predicted octanol–water partition coefficient (Wildman–Crippen LogP) is 4.88. The molecular weight excluding hydrogens is 305 g/mol. The van der Waals surface area contributed by atoms with Crippen molar-refractivity contribution < 1.29 is 0 Å².